The molecule has 0 unspecified atom stereocenters. The van der Waals surface area contributed by atoms with E-state index in [4.69, 9.17) is 9.97 Å². The van der Waals surface area contributed by atoms with E-state index < -0.39 is 6.09 Å². The molecule has 37 heavy (non-hydrogen) atoms. The van der Waals surface area contributed by atoms with Gasteiger partial charge in [0, 0.05) is 55.4 Å². The average molecular weight is 500 g/mol. The van der Waals surface area contributed by atoms with Gasteiger partial charge >= 0.3 is 6.09 Å². The fourth-order valence-electron chi connectivity index (χ4n) is 4.55. The van der Waals surface area contributed by atoms with Crippen molar-refractivity contribution >= 4 is 23.5 Å². The molecule has 2 aromatic heterocycles. The number of benzene rings is 2. The molecule has 3 N–H and O–H groups in total. The van der Waals surface area contributed by atoms with Gasteiger partial charge in [-0.1, -0.05) is 30.3 Å². The van der Waals surface area contributed by atoms with E-state index in [1.807, 2.05) is 77.2 Å². The smallest absolute Gasteiger partial charge is 0.407 e. The number of carboxylic acid groups (broad SMARTS) is 1. The van der Waals surface area contributed by atoms with Crippen molar-refractivity contribution in [3.8, 4) is 5.69 Å². The van der Waals surface area contributed by atoms with Gasteiger partial charge in [-0.15, -0.1) is 0 Å². The Bertz CT molecular complexity index is 1370. The standard InChI is InChI=1S/C27H29N7O3/c1-19-28-12-14-34(19)22-9-7-21(8-10-22)29-26-30-24-11-13-33(27(36)37)18-23(24)25(31-26)32(15-16-35)17-20-5-3-2-4-6-20/h2-10,12,14,35H,11,13,15-18H2,1H3,(H,36,37)(H,29,30,31). The van der Waals surface area contributed by atoms with Crippen molar-refractivity contribution in [2.45, 2.75) is 26.4 Å². The number of hydrogen-bond acceptors (Lipinski definition) is 7. The SMILES string of the molecule is Cc1nccn1-c1ccc(Nc2nc3c(c(N(CCO)Cc4ccccc4)n2)CN(C(=O)O)CC3)cc1. The highest BCUT2D eigenvalue weighted by Gasteiger charge is 2.27. The van der Waals surface area contributed by atoms with Crippen LogP contribution in [0.15, 0.2) is 67.0 Å². The van der Waals surface area contributed by atoms with Crippen LogP contribution in [0.25, 0.3) is 5.69 Å². The van der Waals surface area contributed by atoms with Crippen LogP contribution in [0.1, 0.15) is 22.6 Å². The lowest BCUT2D eigenvalue weighted by atomic mass is 10.1. The Kier molecular flexibility index (Phi) is 7.00. The predicted molar refractivity (Wildman–Crippen MR) is 140 cm³/mol. The number of aliphatic hydroxyl groups excluding tert-OH is 1. The van der Waals surface area contributed by atoms with Crippen molar-refractivity contribution in [3.05, 3.63) is 89.6 Å². The lowest BCUT2D eigenvalue weighted by Crippen LogP contribution is -2.38. The monoisotopic (exact) mass is 499 g/mol. The third kappa shape index (κ3) is 5.39. The fourth-order valence-corrected chi connectivity index (χ4v) is 4.55. The van der Waals surface area contributed by atoms with Gasteiger partial charge in [-0.25, -0.2) is 14.8 Å². The van der Waals surface area contributed by atoms with E-state index in [0.717, 1.165) is 34.0 Å². The summed E-state index contributed by atoms with van der Waals surface area (Å²) in [5.74, 6) is 1.96. The lowest BCUT2D eigenvalue weighted by molar-refractivity contribution is 0.139. The summed E-state index contributed by atoms with van der Waals surface area (Å²) in [5, 5.41) is 22.8. The number of anilines is 3. The lowest BCUT2D eigenvalue weighted by Gasteiger charge is -2.32. The Morgan fingerprint density at radius 3 is 2.57 bits per heavy atom. The maximum atomic E-state index is 11.7. The molecule has 2 aromatic carbocycles. The molecule has 5 rings (SSSR count). The number of imidazole rings is 1. The minimum atomic E-state index is -0.969. The molecule has 1 amide bonds. The molecule has 10 heteroatoms. The van der Waals surface area contributed by atoms with Gasteiger partial charge in [-0.3, -0.25) is 0 Å². The summed E-state index contributed by atoms with van der Waals surface area (Å²) in [7, 11) is 0. The molecular weight excluding hydrogens is 470 g/mol. The quantitative estimate of drug-likeness (QED) is 0.335. The summed E-state index contributed by atoms with van der Waals surface area (Å²) in [6, 6.07) is 17.8. The number of fused-ring (bicyclic) bond motifs is 1. The van der Waals surface area contributed by atoms with E-state index in [2.05, 4.69) is 10.3 Å². The second-order valence-electron chi connectivity index (χ2n) is 8.90. The first kappa shape index (κ1) is 24.3. The third-order valence-corrected chi connectivity index (χ3v) is 6.42. The maximum Gasteiger partial charge on any atom is 0.407 e. The van der Waals surface area contributed by atoms with Gasteiger partial charge < -0.3 is 29.9 Å². The number of carbonyl (C=O) groups is 1. The van der Waals surface area contributed by atoms with Crippen molar-refractivity contribution in [2.24, 2.45) is 0 Å². The van der Waals surface area contributed by atoms with E-state index in [-0.39, 0.29) is 13.2 Å². The Labute approximate surface area is 214 Å². The van der Waals surface area contributed by atoms with Gasteiger partial charge in [0.25, 0.3) is 0 Å². The number of aromatic nitrogens is 4. The van der Waals surface area contributed by atoms with E-state index in [9.17, 15) is 15.0 Å². The molecule has 0 radical (unpaired) electrons. The molecule has 0 spiro atoms. The fraction of sp³-hybridized carbons (Fsp3) is 0.259. The minimum absolute atomic E-state index is 0.0633. The molecule has 0 saturated carbocycles. The van der Waals surface area contributed by atoms with Gasteiger partial charge in [0.15, 0.2) is 0 Å². The van der Waals surface area contributed by atoms with Crippen molar-refractivity contribution < 1.29 is 15.0 Å². The molecule has 4 aromatic rings. The number of nitrogens with one attached hydrogen (secondary N) is 1. The number of nitrogens with zero attached hydrogens (tertiary/aromatic N) is 6. The summed E-state index contributed by atoms with van der Waals surface area (Å²) < 4.78 is 2.00. The minimum Gasteiger partial charge on any atom is -0.465 e. The van der Waals surface area contributed by atoms with Crippen LogP contribution in [0.4, 0.5) is 22.2 Å². The van der Waals surface area contributed by atoms with E-state index in [1.54, 1.807) is 6.20 Å². The molecule has 0 atom stereocenters. The van der Waals surface area contributed by atoms with Crippen LogP contribution in [-0.4, -0.2) is 60.4 Å². The highest BCUT2D eigenvalue weighted by molar-refractivity contribution is 5.67. The van der Waals surface area contributed by atoms with Crippen molar-refractivity contribution in [1.82, 2.24) is 24.4 Å². The first-order valence-electron chi connectivity index (χ1n) is 12.2. The molecular formula is C27H29N7O3. The van der Waals surface area contributed by atoms with Crippen LogP contribution in [0.5, 0.6) is 0 Å². The Hall–Kier alpha value is -4.44. The largest absolute Gasteiger partial charge is 0.465 e. The summed E-state index contributed by atoms with van der Waals surface area (Å²) in [6.07, 6.45) is 3.20. The van der Waals surface area contributed by atoms with Gasteiger partial charge in [0.2, 0.25) is 5.95 Å². The van der Waals surface area contributed by atoms with E-state index >= 15 is 0 Å². The number of hydrogen-bond donors (Lipinski definition) is 3. The zero-order valence-corrected chi connectivity index (χ0v) is 20.6. The molecule has 1 aliphatic rings. The van der Waals surface area contributed by atoms with Gasteiger partial charge in [0.1, 0.15) is 11.6 Å². The number of aliphatic hydroxyl groups is 1. The Morgan fingerprint density at radius 2 is 1.89 bits per heavy atom. The number of rotatable bonds is 8. The van der Waals surface area contributed by atoms with Crippen molar-refractivity contribution in [1.29, 1.82) is 0 Å². The molecule has 1 aliphatic heterocycles. The van der Waals surface area contributed by atoms with Crippen LogP contribution in [0, 0.1) is 6.92 Å². The second kappa shape index (κ2) is 10.7. The Balaban J connectivity index is 1.48. The van der Waals surface area contributed by atoms with Gasteiger partial charge in [-0.05, 0) is 36.8 Å². The third-order valence-electron chi connectivity index (χ3n) is 6.42. The highest BCUT2D eigenvalue weighted by Crippen LogP contribution is 2.30. The number of amides is 1. The Morgan fingerprint density at radius 1 is 1.11 bits per heavy atom. The summed E-state index contributed by atoms with van der Waals surface area (Å²) >= 11 is 0. The summed E-state index contributed by atoms with van der Waals surface area (Å²) in [5.41, 5.74) is 4.47. The molecule has 0 saturated heterocycles. The molecule has 10 nitrogen and oxygen atoms in total. The van der Waals surface area contributed by atoms with Crippen LogP contribution in [-0.2, 0) is 19.5 Å². The number of aryl methyl sites for hydroxylation is 1. The average Bonchev–Trinajstić information content (AvgIpc) is 3.34. The second-order valence-corrected chi connectivity index (χ2v) is 8.90. The first-order valence-corrected chi connectivity index (χ1v) is 12.2. The molecule has 3 heterocycles. The van der Waals surface area contributed by atoms with Crippen molar-refractivity contribution in [2.75, 3.05) is 29.9 Å². The first-order chi connectivity index (χ1) is 18.0. The molecule has 0 aliphatic carbocycles. The summed E-state index contributed by atoms with van der Waals surface area (Å²) in [6.45, 7) is 3.34. The van der Waals surface area contributed by atoms with Gasteiger partial charge in [0.05, 0.1) is 18.8 Å². The normalized spacial score (nSPS) is 12.8. The van der Waals surface area contributed by atoms with Crippen LogP contribution < -0.4 is 10.2 Å². The van der Waals surface area contributed by atoms with Crippen LogP contribution >= 0.6 is 0 Å². The topological polar surface area (TPSA) is 120 Å². The highest BCUT2D eigenvalue weighted by atomic mass is 16.4. The molecule has 0 bridgehead atoms. The summed E-state index contributed by atoms with van der Waals surface area (Å²) in [4.78, 5) is 28.9. The maximum absolute atomic E-state index is 11.7. The zero-order valence-electron chi connectivity index (χ0n) is 20.6. The van der Waals surface area contributed by atoms with Crippen molar-refractivity contribution in [3.63, 3.8) is 0 Å². The van der Waals surface area contributed by atoms with Gasteiger partial charge in [-0.2, -0.15) is 4.98 Å². The van der Waals surface area contributed by atoms with E-state index in [0.29, 0.717) is 37.8 Å². The van der Waals surface area contributed by atoms with Crippen LogP contribution in [0.2, 0.25) is 0 Å². The van der Waals surface area contributed by atoms with E-state index in [1.165, 1.54) is 4.90 Å². The van der Waals surface area contributed by atoms with Crippen LogP contribution in [0.3, 0.4) is 0 Å². The zero-order chi connectivity index (χ0) is 25.8. The predicted octanol–water partition coefficient (Wildman–Crippen LogP) is 3.75. The molecule has 0 fully saturated rings. The molecule has 190 valence electrons.